The second-order valence-electron chi connectivity index (χ2n) is 6.85. The van der Waals surface area contributed by atoms with Crippen molar-refractivity contribution in [2.45, 2.75) is 13.5 Å². The fourth-order valence-corrected chi connectivity index (χ4v) is 3.98. The number of imide groups is 1. The molecular weight excluding hydrogens is 446 g/mol. The summed E-state index contributed by atoms with van der Waals surface area (Å²) in [5.74, 6) is -0.482. The molecule has 33 heavy (non-hydrogen) atoms. The number of benzene rings is 2. The molecule has 0 unspecified atom stereocenters. The molecule has 168 valence electrons. The van der Waals surface area contributed by atoms with E-state index in [0.29, 0.717) is 40.0 Å². The highest BCUT2D eigenvalue weighted by atomic mass is 32.2. The van der Waals surface area contributed by atoms with Gasteiger partial charge in [-0.1, -0.05) is 24.3 Å². The maximum absolute atomic E-state index is 12.8. The molecule has 2 aromatic carbocycles. The predicted octanol–water partition coefficient (Wildman–Crippen LogP) is 5.20. The number of nitrogens with zero attached hydrogens (tertiary/aromatic N) is 1. The highest BCUT2D eigenvalue weighted by Gasteiger charge is 2.36. The van der Waals surface area contributed by atoms with Gasteiger partial charge in [0.2, 0.25) is 5.76 Å². The van der Waals surface area contributed by atoms with Crippen molar-refractivity contribution >= 4 is 40.6 Å². The quantitative estimate of drug-likeness (QED) is 0.453. The second-order valence-corrected chi connectivity index (χ2v) is 7.84. The van der Waals surface area contributed by atoms with E-state index in [4.69, 9.17) is 19.0 Å². The number of hydrogen-bond acceptors (Lipinski definition) is 7. The van der Waals surface area contributed by atoms with Crippen LogP contribution in [-0.4, -0.2) is 28.8 Å². The molecule has 2 heterocycles. The van der Waals surface area contributed by atoms with E-state index in [1.807, 2.05) is 13.0 Å². The Morgan fingerprint density at radius 1 is 1.06 bits per heavy atom. The average Bonchev–Trinajstić information content (AvgIpc) is 3.39. The summed E-state index contributed by atoms with van der Waals surface area (Å²) in [6.45, 7) is 2.23. The summed E-state index contributed by atoms with van der Waals surface area (Å²) < 4.78 is 16.6. The molecule has 1 fully saturated rings. The van der Waals surface area contributed by atoms with Crippen molar-refractivity contribution < 1.29 is 33.4 Å². The molecule has 1 aliphatic rings. The van der Waals surface area contributed by atoms with Gasteiger partial charge in [-0.2, -0.15) is 0 Å². The number of carboxylic acid groups (broad SMARTS) is 1. The van der Waals surface area contributed by atoms with Crippen molar-refractivity contribution in [1.82, 2.24) is 0 Å². The van der Waals surface area contributed by atoms with Gasteiger partial charge in [-0.15, -0.1) is 0 Å². The lowest BCUT2D eigenvalue weighted by Crippen LogP contribution is -2.27. The molecule has 2 amide bonds. The van der Waals surface area contributed by atoms with E-state index in [9.17, 15) is 14.4 Å². The lowest BCUT2D eigenvalue weighted by molar-refractivity contribution is -0.113. The SMILES string of the molecule is CCOc1cc(C=C2SC(=O)N(c3ccccc3)C2=O)ccc1OCc1ccc(C(=O)O)o1. The minimum atomic E-state index is -1.16. The van der Waals surface area contributed by atoms with Crippen molar-refractivity contribution in [2.24, 2.45) is 0 Å². The number of carbonyl (C=O) groups is 3. The number of aromatic carboxylic acids is 1. The Kier molecular flexibility index (Phi) is 6.50. The number of ether oxygens (including phenoxy) is 2. The van der Waals surface area contributed by atoms with Crippen LogP contribution in [0, 0.1) is 0 Å². The molecule has 0 aliphatic carbocycles. The van der Waals surface area contributed by atoms with Crippen LogP contribution in [0.3, 0.4) is 0 Å². The molecule has 1 aliphatic heterocycles. The molecule has 1 saturated heterocycles. The van der Waals surface area contributed by atoms with Gasteiger partial charge in [-0.25, -0.2) is 9.69 Å². The molecule has 3 aromatic rings. The van der Waals surface area contributed by atoms with Crippen molar-refractivity contribution in [1.29, 1.82) is 0 Å². The number of rotatable bonds is 8. The van der Waals surface area contributed by atoms with E-state index in [1.54, 1.807) is 48.5 Å². The lowest BCUT2D eigenvalue weighted by Gasteiger charge is -2.12. The molecule has 0 atom stereocenters. The number of anilines is 1. The Morgan fingerprint density at radius 3 is 2.55 bits per heavy atom. The van der Waals surface area contributed by atoms with Gasteiger partial charge in [0.25, 0.3) is 11.1 Å². The first-order valence-electron chi connectivity index (χ1n) is 10.0. The van der Waals surface area contributed by atoms with Gasteiger partial charge in [0.05, 0.1) is 17.2 Å². The van der Waals surface area contributed by atoms with Crippen LogP contribution in [0.5, 0.6) is 11.5 Å². The fourth-order valence-electron chi connectivity index (χ4n) is 3.14. The molecule has 4 rings (SSSR count). The van der Waals surface area contributed by atoms with Crippen molar-refractivity contribution in [3.8, 4) is 11.5 Å². The van der Waals surface area contributed by atoms with Gasteiger partial charge >= 0.3 is 5.97 Å². The number of amides is 2. The summed E-state index contributed by atoms with van der Waals surface area (Å²) in [7, 11) is 0. The minimum Gasteiger partial charge on any atom is -0.490 e. The van der Waals surface area contributed by atoms with Crippen molar-refractivity contribution in [3.05, 3.63) is 82.7 Å². The van der Waals surface area contributed by atoms with E-state index in [0.717, 1.165) is 16.7 Å². The Balaban J connectivity index is 1.53. The van der Waals surface area contributed by atoms with Gasteiger partial charge < -0.3 is 19.0 Å². The van der Waals surface area contributed by atoms with Crippen LogP contribution in [0.25, 0.3) is 6.08 Å². The van der Waals surface area contributed by atoms with Crippen molar-refractivity contribution in [3.63, 3.8) is 0 Å². The summed E-state index contributed by atoms with van der Waals surface area (Å²) >= 11 is 0.873. The number of carboxylic acids is 1. The maximum atomic E-state index is 12.8. The first kappa shape index (κ1) is 22.2. The Morgan fingerprint density at radius 2 is 1.85 bits per heavy atom. The molecule has 0 spiro atoms. The van der Waals surface area contributed by atoms with Gasteiger partial charge in [0, 0.05) is 0 Å². The largest absolute Gasteiger partial charge is 0.490 e. The monoisotopic (exact) mass is 465 g/mol. The van der Waals surface area contributed by atoms with Crippen LogP contribution < -0.4 is 14.4 Å². The molecule has 0 bridgehead atoms. The third-order valence-corrected chi connectivity index (χ3v) is 5.49. The first-order valence-corrected chi connectivity index (χ1v) is 10.8. The predicted molar refractivity (Wildman–Crippen MR) is 123 cm³/mol. The van der Waals surface area contributed by atoms with E-state index in [1.165, 1.54) is 12.1 Å². The highest BCUT2D eigenvalue weighted by Crippen LogP contribution is 2.37. The standard InChI is InChI=1S/C24H19NO7S/c1-2-30-20-12-15(8-10-18(20)31-14-17-9-11-19(32-17)23(27)28)13-21-22(26)25(24(29)33-21)16-6-4-3-5-7-16/h3-13H,2,14H2,1H3,(H,27,28). The maximum Gasteiger partial charge on any atom is 0.371 e. The molecule has 9 heteroatoms. The van der Waals surface area contributed by atoms with Crippen LogP contribution in [0.4, 0.5) is 10.5 Å². The topological polar surface area (TPSA) is 106 Å². The third-order valence-electron chi connectivity index (χ3n) is 4.62. The Labute approximate surface area is 193 Å². The van der Waals surface area contributed by atoms with Gasteiger partial charge in [-0.3, -0.25) is 9.59 Å². The average molecular weight is 465 g/mol. The van der Waals surface area contributed by atoms with E-state index in [-0.39, 0.29) is 23.5 Å². The zero-order valence-electron chi connectivity index (χ0n) is 17.5. The normalized spacial score (nSPS) is 14.7. The molecule has 0 radical (unpaired) electrons. The molecule has 0 saturated carbocycles. The zero-order valence-corrected chi connectivity index (χ0v) is 18.3. The van der Waals surface area contributed by atoms with Crippen LogP contribution >= 0.6 is 11.8 Å². The van der Waals surface area contributed by atoms with Crippen LogP contribution in [0.2, 0.25) is 0 Å². The summed E-state index contributed by atoms with van der Waals surface area (Å²) in [6, 6.07) is 16.8. The number of carbonyl (C=O) groups excluding carboxylic acids is 2. The Bertz CT molecular complexity index is 1230. The van der Waals surface area contributed by atoms with Gasteiger partial charge in [0.1, 0.15) is 12.4 Å². The molecular formula is C24H19NO7S. The third kappa shape index (κ3) is 4.93. The lowest BCUT2D eigenvalue weighted by atomic mass is 10.1. The van der Waals surface area contributed by atoms with Crippen molar-refractivity contribution in [2.75, 3.05) is 11.5 Å². The molecule has 1 aromatic heterocycles. The first-order chi connectivity index (χ1) is 16.0. The van der Waals surface area contributed by atoms with Crippen LogP contribution in [0.15, 0.2) is 70.0 Å². The number of hydrogen-bond donors (Lipinski definition) is 1. The fraction of sp³-hybridized carbons (Fsp3) is 0.125. The molecule has 1 N–H and O–H groups in total. The summed E-state index contributed by atoms with van der Waals surface area (Å²) in [5, 5.41) is 8.59. The number of thioether (sulfide) groups is 1. The van der Waals surface area contributed by atoms with Crippen LogP contribution in [0.1, 0.15) is 28.8 Å². The summed E-state index contributed by atoms with van der Waals surface area (Å²) in [6.07, 6.45) is 1.63. The zero-order chi connectivity index (χ0) is 23.4. The summed E-state index contributed by atoms with van der Waals surface area (Å²) in [5.41, 5.74) is 1.18. The molecule has 8 nitrogen and oxygen atoms in total. The smallest absolute Gasteiger partial charge is 0.371 e. The van der Waals surface area contributed by atoms with Crippen LogP contribution in [-0.2, 0) is 11.4 Å². The minimum absolute atomic E-state index is 0.0165. The van der Waals surface area contributed by atoms with Gasteiger partial charge in [0.15, 0.2) is 11.5 Å². The second kappa shape index (κ2) is 9.66. The number of furan rings is 1. The summed E-state index contributed by atoms with van der Waals surface area (Å²) in [4.78, 5) is 37.6. The number of para-hydroxylation sites is 1. The van der Waals surface area contributed by atoms with Gasteiger partial charge in [-0.05, 0) is 66.7 Å². The van der Waals surface area contributed by atoms with E-state index < -0.39 is 5.97 Å². The highest BCUT2D eigenvalue weighted by molar-refractivity contribution is 8.19. The van der Waals surface area contributed by atoms with E-state index in [2.05, 4.69) is 0 Å². The Hall–Kier alpha value is -3.98. The van der Waals surface area contributed by atoms with E-state index >= 15 is 0 Å².